The number of carbonyl (C=O) groups is 1. The summed E-state index contributed by atoms with van der Waals surface area (Å²) in [5.74, 6) is 0.946. The Kier molecular flexibility index (Phi) is 4.85. The van der Waals surface area contributed by atoms with Crippen LogP contribution in [0.25, 0.3) is 0 Å². The Hall–Kier alpha value is -2.34. The van der Waals surface area contributed by atoms with Gasteiger partial charge in [-0.25, -0.2) is 0 Å². The first kappa shape index (κ1) is 16.5. The number of aryl methyl sites for hydroxylation is 1. The van der Waals surface area contributed by atoms with Crippen LogP contribution in [-0.2, 0) is 24.9 Å². The Balaban J connectivity index is 1.52. The molecule has 1 aliphatic rings. The molecule has 1 fully saturated rings. The molecule has 0 radical (unpaired) electrons. The number of amides is 1. The normalized spacial score (nSPS) is 17.4. The number of carbonyl (C=O) groups excluding carboxylic acids is 1. The second kappa shape index (κ2) is 7.05. The first-order chi connectivity index (χ1) is 11.6. The van der Waals surface area contributed by atoms with Crippen LogP contribution in [0.2, 0.25) is 0 Å². The minimum atomic E-state index is -0.0379. The Bertz CT molecular complexity index is 708. The van der Waals surface area contributed by atoms with E-state index in [4.69, 9.17) is 4.74 Å². The fourth-order valence-electron chi connectivity index (χ4n) is 2.91. The molecule has 1 saturated heterocycles. The van der Waals surface area contributed by atoms with Crippen LogP contribution < -0.4 is 10.1 Å². The second-order valence-electron chi connectivity index (χ2n) is 6.22. The zero-order chi connectivity index (χ0) is 17.1. The van der Waals surface area contributed by atoms with Gasteiger partial charge in [-0.1, -0.05) is 12.1 Å². The monoisotopic (exact) mass is 328 g/mol. The standard InChI is InChI=1S/C18H24N4O2/c1-13-15(11-20-21(13)2)10-19-18(23)17-8-9-22(17)12-14-4-6-16(24-3)7-5-14/h4-7,11,17H,8-10,12H2,1-3H3,(H,19,23). The third-order valence-electron chi connectivity index (χ3n) is 4.77. The van der Waals surface area contributed by atoms with Gasteiger partial charge in [0.05, 0.1) is 19.3 Å². The lowest BCUT2D eigenvalue weighted by Crippen LogP contribution is -2.55. The van der Waals surface area contributed by atoms with E-state index in [2.05, 4.69) is 15.3 Å². The van der Waals surface area contributed by atoms with Crippen LogP contribution in [0.4, 0.5) is 0 Å². The van der Waals surface area contributed by atoms with Crippen LogP contribution in [0.15, 0.2) is 30.5 Å². The lowest BCUT2D eigenvalue weighted by atomic mass is 10.0. The van der Waals surface area contributed by atoms with Gasteiger partial charge in [-0.2, -0.15) is 5.10 Å². The van der Waals surface area contributed by atoms with Gasteiger partial charge < -0.3 is 10.1 Å². The SMILES string of the molecule is COc1ccc(CN2CCC2C(=O)NCc2cnn(C)c2C)cc1. The van der Waals surface area contributed by atoms with Crippen LogP contribution in [0.3, 0.4) is 0 Å². The van der Waals surface area contributed by atoms with Gasteiger partial charge in [0.1, 0.15) is 5.75 Å². The van der Waals surface area contributed by atoms with Crippen molar-refractivity contribution in [2.24, 2.45) is 7.05 Å². The molecule has 2 heterocycles. The summed E-state index contributed by atoms with van der Waals surface area (Å²) in [5, 5.41) is 7.24. The fraction of sp³-hybridized carbons (Fsp3) is 0.444. The lowest BCUT2D eigenvalue weighted by Gasteiger charge is -2.39. The van der Waals surface area contributed by atoms with E-state index in [0.717, 1.165) is 36.5 Å². The molecule has 0 bridgehead atoms. The summed E-state index contributed by atoms with van der Waals surface area (Å²) in [4.78, 5) is 14.6. The Morgan fingerprint density at radius 3 is 2.67 bits per heavy atom. The zero-order valence-corrected chi connectivity index (χ0v) is 14.5. The van der Waals surface area contributed by atoms with Gasteiger partial charge in [0.2, 0.25) is 5.91 Å². The number of nitrogens with one attached hydrogen (secondary N) is 1. The Morgan fingerprint density at radius 2 is 2.12 bits per heavy atom. The summed E-state index contributed by atoms with van der Waals surface area (Å²) in [6.07, 6.45) is 2.72. The highest BCUT2D eigenvalue weighted by molar-refractivity contribution is 5.82. The summed E-state index contributed by atoms with van der Waals surface area (Å²) < 4.78 is 6.99. The Morgan fingerprint density at radius 1 is 1.38 bits per heavy atom. The van der Waals surface area contributed by atoms with Gasteiger partial charge in [-0.3, -0.25) is 14.4 Å². The third-order valence-corrected chi connectivity index (χ3v) is 4.77. The molecular weight excluding hydrogens is 304 g/mol. The smallest absolute Gasteiger partial charge is 0.237 e. The molecule has 1 aromatic heterocycles. The molecular formula is C18H24N4O2. The topological polar surface area (TPSA) is 59.4 Å². The molecule has 3 rings (SSSR count). The van der Waals surface area contributed by atoms with Gasteiger partial charge in [0, 0.05) is 37.9 Å². The van der Waals surface area contributed by atoms with Crippen LogP contribution in [-0.4, -0.2) is 40.3 Å². The van der Waals surface area contributed by atoms with E-state index in [9.17, 15) is 4.79 Å². The zero-order valence-electron chi connectivity index (χ0n) is 14.5. The van der Waals surface area contributed by atoms with Gasteiger partial charge in [0.25, 0.3) is 0 Å². The summed E-state index contributed by atoms with van der Waals surface area (Å²) >= 11 is 0. The molecule has 1 atom stereocenters. The highest BCUT2D eigenvalue weighted by Gasteiger charge is 2.33. The number of rotatable bonds is 6. The fourth-order valence-corrected chi connectivity index (χ4v) is 2.91. The highest BCUT2D eigenvalue weighted by atomic mass is 16.5. The van der Waals surface area contributed by atoms with Crippen molar-refractivity contribution in [3.8, 4) is 5.75 Å². The van der Waals surface area contributed by atoms with Crippen LogP contribution in [0, 0.1) is 6.92 Å². The molecule has 1 aliphatic heterocycles. The summed E-state index contributed by atoms with van der Waals surface area (Å²) in [5.41, 5.74) is 3.34. The predicted molar refractivity (Wildman–Crippen MR) is 91.6 cm³/mol. The van der Waals surface area contributed by atoms with Crippen molar-refractivity contribution in [3.05, 3.63) is 47.3 Å². The van der Waals surface area contributed by atoms with Crippen molar-refractivity contribution < 1.29 is 9.53 Å². The number of hydrogen-bond donors (Lipinski definition) is 1. The highest BCUT2D eigenvalue weighted by Crippen LogP contribution is 2.22. The molecule has 2 aromatic rings. The van der Waals surface area contributed by atoms with Crippen molar-refractivity contribution in [3.63, 3.8) is 0 Å². The lowest BCUT2D eigenvalue weighted by molar-refractivity contribution is -0.131. The molecule has 1 unspecified atom stereocenters. The minimum absolute atomic E-state index is 0.0379. The maximum absolute atomic E-state index is 12.4. The van der Waals surface area contributed by atoms with E-state index in [0.29, 0.717) is 6.54 Å². The number of benzene rings is 1. The van der Waals surface area contributed by atoms with Crippen molar-refractivity contribution in [1.82, 2.24) is 20.0 Å². The number of aromatic nitrogens is 2. The average Bonchev–Trinajstić information content (AvgIpc) is 2.89. The van der Waals surface area contributed by atoms with Crippen molar-refractivity contribution >= 4 is 5.91 Å². The summed E-state index contributed by atoms with van der Waals surface area (Å²) in [6, 6.07) is 7.96. The quantitative estimate of drug-likeness (QED) is 0.875. The largest absolute Gasteiger partial charge is 0.497 e. The predicted octanol–water partition coefficient (Wildman–Crippen LogP) is 1.63. The number of methoxy groups -OCH3 is 1. The number of nitrogens with zero attached hydrogens (tertiary/aromatic N) is 3. The first-order valence-corrected chi connectivity index (χ1v) is 8.20. The molecule has 0 aliphatic carbocycles. The molecule has 0 saturated carbocycles. The maximum Gasteiger partial charge on any atom is 0.237 e. The summed E-state index contributed by atoms with van der Waals surface area (Å²) in [7, 11) is 3.57. The first-order valence-electron chi connectivity index (χ1n) is 8.20. The molecule has 6 heteroatoms. The number of likely N-dealkylation sites (tertiary alicyclic amines) is 1. The van der Waals surface area contributed by atoms with Gasteiger partial charge in [0.15, 0.2) is 0 Å². The molecule has 1 aromatic carbocycles. The number of ether oxygens (including phenoxy) is 1. The van der Waals surface area contributed by atoms with E-state index in [1.54, 1.807) is 7.11 Å². The van der Waals surface area contributed by atoms with E-state index >= 15 is 0 Å². The van der Waals surface area contributed by atoms with E-state index in [1.807, 2.05) is 49.1 Å². The van der Waals surface area contributed by atoms with E-state index < -0.39 is 0 Å². The van der Waals surface area contributed by atoms with Crippen molar-refractivity contribution in [1.29, 1.82) is 0 Å². The van der Waals surface area contributed by atoms with Crippen LogP contribution in [0.1, 0.15) is 23.2 Å². The molecule has 128 valence electrons. The van der Waals surface area contributed by atoms with E-state index in [1.165, 1.54) is 5.56 Å². The summed E-state index contributed by atoms with van der Waals surface area (Å²) in [6.45, 7) is 4.28. The molecule has 1 N–H and O–H groups in total. The molecule has 1 amide bonds. The van der Waals surface area contributed by atoms with E-state index in [-0.39, 0.29) is 11.9 Å². The Labute approximate surface area is 142 Å². The maximum atomic E-state index is 12.4. The van der Waals surface area contributed by atoms with Gasteiger partial charge >= 0.3 is 0 Å². The molecule has 0 spiro atoms. The second-order valence-corrected chi connectivity index (χ2v) is 6.22. The molecule has 6 nitrogen and oxygen atoms in total. The van der Waals surface area contributed by atoms with Crippen LogP contribution in [0.5, 0.6) is 5.75 Å². The van der Waals surface area contributed by atoms with Gasteiger partial charge in [-0.05, 0) is 31.0 Å². The minimum Gasteiger partial charge on any atom is -0.497 e. The van der Waals surface area contributed by atoms with Crippen molar-refractivity contribution in [2.45, 2.75) is 32.5 Å². The molecule has 24 heavy (non-hydrogen) atoms. The van der Waals surface area contributed by atoms with Crippen LogP contribution >= 0.6 is 0 Å². The number of hydrogen-bond acceptors (Lipinski definition) is 4. The van der Waals surface area contributed by atoms with Crippen molar-refractivity contribution in [2.75, 3.05) is 13.7 Å². The van der Waals surface area contributed by atoms with Gasteiger partial charge in [-0.15, -0.1) is 0 Å². The average molecular weight is 328 g/mol. The third kappa shape index (κ3) is 3.43.